The van der Waals surface area contributed by atoms with Crippen molar-refractivity contribution in [3.63, 3.8) is 0 Å². The molecule has 138 valence electrons. The fourth-order valence-electron chi connectivity index (χ4n) is 3.16. The molecule has 1 aliphatic rings. The molecule has 0 bridgehead atoms. The average Bonchev–Trinajstić information content (AvgIpc) is 2.69. The van der Waals surface area contributed by atoms with E-state index in [9.17, 15) is 4.79 Å². The summed E-state index contributed by atoms with van der Waals surface area (Å²) in [7, 11) is 0. The van der Waals surface area contributed by atoms with Crippen molar-refractivity contribution in [3.05, 3.63) is 59.3 Å². The van der Waals surface area contributed by atoms with Crippen LogP contribution >= 0.6 is 0 Å². The Bertz CT molecular complexity index is 704. The fraction of sp³-hybridized carbons (Fsp3) is 0.429. The molecule has 1 saturated heterocycles. The third-order valence-electron chi connectivity index (χ3n) is 4.93. The van der Waals surface area contributed by atoms with Crippen molar-refractivity contribution in [2.45, 2.75) is 26.8 Å². The molecule has 5 nitrogen and oxygen atoms in total. The summed E-state index contributed by atoms with van der Waals surface area (Å²) in [6.07, 6.45) is 2.28. The maximum Gasteiger partial charge on any atom is 0.224 e. The van der Waals surface area contributed by atoms with Crippen LogP contribution in [0, 0.1) is 6.92 Å². The molecule has 5 heteroatoms. The Hall–Kier alpha value is -2.40. The van der Waals surface area contributed by atoms with E-state index in [1.807, 2.05) is 37.4 Å². The molecule has 1 N–H and O–H groups in total. The van der Waals surface area contributed by atoms with Crippen molar-refractivity contribution >= 4 is 11.7 Å². The Balaban J connectivity index is 1.47. The Morgan fingerprint density at radius 3 is 2.35 bits per heavy atom. The third kappa shape index (κ3) is 5.05. The monoisotopic (exact) mass is 352 g/mol. The SMILES string of the molecule is CCN1CCN(c2ccc(CNC(=O)Cc3ccc(C)cc3)cn2)CC1. The predicted molar refractivity (Wildman–Crippen MR) is 105 cm³/mol. The van der Waals surface area contributed by atoms with Crippen LogP contribution in [0.5, 0.6) is 0 Å². The average molecular weight is 352 g/mol. The van der Waals surface area contributed by atoms with Crippen molar-refractivity contribution in [1.82, 2.24) is 15.2 Å². The Morgan fingerprint density at radius 2 is 1.73 bits per heavy atom. The van der Waals surface area contributed by atoms with Crippen molar-refractivity contribution in [1.29, 1.82) is 0 Å². The number of benzene rings is 1. The number of hydrogen-bond acceptors (Lipinski definition) is 4. The van der Waals surface area contributed by atoms with Gasteiger partial charge in [0.15, 0.2) is 0 Å². The molecule has 1 aromatic heterocycles. The number of rotatable bonds is 6. The maximum absolute atomic E-state index is 12.1. The first kappa shape index (κ1) is 18.4. The number of pyridine rings is 1. The van der Waals surface area contributed by atoms with Gasteiger partial charge in [-0.3, -0.25) is 4.79 Å². The molecule has 0 radical (unpaired) electrons. The summed E-state index contributed by atoms with van der Waals surface area (Å²) in [5.74, 6) is 1.06. The fourth-order valence-corrected chi connectivity index (χ4v) is 3.16. The second-order valence-corrected chi connectivity index (χ2v) is 6.89. The first-order valence-electron chi connectivity index (χ1n) is 9.38. The Labute approximate surface area is 156 Å². The van der Waals surface area contributed by atoms with Crippen LogP contribution in [0.25, 0.3) is 0 Å². The lowest BCUT2D eigenvalue weighted by Crippen LogP contribution is -2.46. The minimum Gasteiger partial charge on any atom is -0.354 e. The molecule has 1 fully saturated rings. The smallest absolute Gasteiger partial charge is 0.224 e. The van der Waals surface area contributed by atoms with Crippen LogP contribution in [0.15, 0.2) is 42.6 Å². The van der Waals surface area contributed by atoms with Gasteiger partial charge in [0.2, 0.25) is 5.91 Å². The summed E-state index contributed by atoms with van der Waals surface area (Å²) in [6, 6.07) is 12.2. The molecule has 1 aromatic carbocycles. The van der Waals surface area contributed by atoms with Crippen LogP contribution in [0.2, 0.25) is 0 Å². The molecule has 0 saturated carbocycles. The highest BCUT2D eigenvalue weighted by atomic mass is 16.1. The third-order valence-corrected chi connectivity index (χ3v) is 4.93. The number of nitrogens with one attached hydrogen (secondary N) is 1. The molecule has 0 spiro atoms. The topological polar surface area (TPSA) is 48.5 Å². The lowest BCUT2D eigenvalue weighted by Gasteiger charge is -2.34. The van der Waals surface area contributed by atoms with Gasteiger partial charge >= 0.3 is 0 Å². The number of aryl methyl sites for hydroxylation is 1. The van der Waals surface area contributed by atoms with Gasteiger partial charge in [-0.2, -0.15) is 0 Å². The molecule has 0 unspecified atom stereocenters. The summed E-state index contributed by atoms with van der Waals surface area (Å²) in [5.41, 5.74) is 3.27. The van der Waals surface area contributed by atoms with E-state index in [0.29, 0.717) is 13.0 Å². The van der Waals surface area contributed by atoms with Gasteiger partial charge < -0.3 is 15.1 Å². The number of carbonyl (C=O) groups excluding carboxylic acids is 1. The van der Waals surface area contributed by atoms with Crippen molar-refractivity contribution in [2.75, 3.05) is 37.6 Å². The van der Waals surface area contributed by atoms with Crippen LogP contribution < -0.4 is 10.2 Å². The standard InChI is InChI=1S/C21H28N4O/c1-3-24-10-12-25(13-11-24)20-9-8-19(15-22-20)16-23-21(26)14-18-6-4-17(2)5-7-18/h4-9,15H,3,10-14,16H2,1-2H3,(H,23,26). The van der Waals surface area contributed by atoms with Gasteiger partial charge in [-0.25, -0.2) is 4.98 Å². The Kier molecular flexibility index (Phi) is 6.23. The van der Waals surface area contributed by atoms with E-state index >= 15 is 0 Å². The Morgan fingerprint density at radius 1 is 1.04 bits per heavy atom. The maximum atomic E-state index is 12.1. The van der Waals surface area contributed by atoms with E-state index in [1.54, 1.807) is 0 Å². The zero-order chi connectivity index (χ0) is 18.4. The molecule has 0 atom stereocenters. The number of aromatic nitrogens is 1. The zero-order valence-corrected chi connectivity index (χ0v) is 15.7. The number of nitrogens with zero attached hydrogens (tertiary/aromatic N) is 3. The molecule has 26 heavy (non-hydrogen) atoms. The first-order valence-corrected chi connectivity index (χ1v) is 9.38. The van der Waals surface area contributed by atoms with Crippen LogP contribution in [-0.4, -0.2) is 48.5 Å². The van der Waals surface area contributed by atoms with E-state index in [2.05, 4.69) is 39.2 Å². The second kappa shape index (κ2) is 8.81. The van der Waals surface area contributed by atoms with Gasteiger partial charge in [0.05, 0.1) is 6.42 Å². The number of hydrogen-bond donors (Lipinski definition) is 1. The van der Waals surface area contributed by atoms with Crippen LogP contribution in [0.1, 0.15) is 23.6 Å². The van der Waals surface area contributed by atoms with Gasteiger partial charge in [-0.15, -0.1) is 0 Å². The summed E-state index contributed by atoms with van der Waals surface area (Å²) >= 11 is 0. The number of piperazine rings is 1. The van der Waals surface area contributed by atoms with Gasteiger partial charge in [0, 0.05) is 38.9 Å². The quantitative estimate of drug-likeness (QED) is 0.867. The van der Waals surface area contributed by atoms with E-state index in [-0.39, 0.29) is 5.91 Å². The van der Waals surface area contributed by atoms with Gasteiger partial charge in [0.1, 0.15) is 5.82 Å². The van der Waals surface area contributed by atoms with E-state index < -0.39 is 0 Å². The number of likely N-dealkylation sites (N-methyl/N-ethyl adjacent to an activating group) is 1. The van der Waals surface area contributed by atoms with E-state index in [1.165, 1.54) is 5.56 Å². The lowest BCUT2D eigenvalue weighted by atomic mass is 10.1. The van der Waals surface area contributed by atoms with Gasteiger partial charge in [-0.1, -0.05) is 42.8 Å². The molecule has 3 rings (SSSR count). The number of carbonyl (C=O) groups is 1. The molecule has 2 aromatic rings. The largest absolute Gasteiger partial charge is 0.354 e. The van der Waals surface area contributed by atoms with Gasteiger partial charge in [-0.05, 0) is 30.7 Å². The summed E-state index contributed by atoms with van der Waals surface area (Å²) in [5, 5.41) is 2.98. The van der Waals surface area contributed by atoms with Crippen LogP contribution in [0.3, 0.4) is 0 Å². The normalized spacial score (nSPS) is 15.1. The zero-order valence-electron chi connectivity index (χ0n) is 15.7. The van der Waals surface area contributed by atoms with Crippen LogP contribution in [-0.2, 0) is 17.8 Å². The molecule has 1 aliphatic heterocycles. The molecule has 0 aliphatic carbocycles. The minimum atomic E-state index is 0.0358. The highest BCUT2D eigenvalue weighted by Crippen LogP contribution is 2.14. The molecular weight excluding hydrogens is 324 g/mol. The number of anilines is 1. The molecule has 1 amide bonds. The van der Waals surface area contributed by atoms with E-state index in [0.717, 1.165) is 49.7 Å². The predicted octanol–water partition coefficient (Wildman–Crippen LogP) is 2.39. The summed E-state index contributed by atoms with van der Waals surface area (Å²) in [4.78, 5) is 21.5. The van der Waals surface area contributed by atoms with Crippen molar-refractivity contribution in [2.24, 2.45) is 0 Å². The molecular formula is C21H28N4O. The number of amides is 1. The first-order chi connectivity index (χ1) is 12.6. The summed E-state index contributed by atoms with van der Waals surface area (Å²) in [6.45, 7) is 10.1. The van der Waals surface area contributed by atoms with E-state index in [4.69, 9.17) is 0 Å². The van der Waals surface area contributed by atoms with Crippen molar-refractivity contribution in [3.8, 4) is 0 Å². The highest BCUT2D eigenvalue weighted by Gasteiger charge is 2.16. The van der Waals surface area contributed by atoms with Crippen LogP contribution in [0.4, 0.5) is 5.82 Å². The summed E-state index contributed by atoms with van der Waals surface area (Å²) < 4.78 is 0. The van der Waals surface area contributed by atoms with Gasteiger partial charge in [0.25, 0.3) is 0 Å². The minimum absolute atomic E-state index is 0.0358. The second-order valence-electron chi connectivity index (χ2n) is 6.89. The highest BCUT2D eigenvalue weighted by molar-refractivity contribution is 5.78. The molecule has 2 heterocycles. The lowest BCUT2D eigenvalue weighted by molar-refractivity contribution is -0.120. The van der Waals surface area contributed by atoms with Crippen molar-refractivity contribution < 1.29 is 4.79 Å².